The largest absolute Gasteiger partial charge is 0.493 e. The van der Waals surface area contributed by atoms with Crippen molar-refractivity contribution >= 4 is 51.9 Å². The maximum Gasteiger partial charge on any atom is 0.265 e. The van der Waals surface area contributed by atoms with Gasteiger partial charge in [-0.05, 0) is 60.9 Å². The number of carbonyl (C=O) groups is 1. The van der Waals surface area contributed by atoms with Crippen LogP contribution in [-0.4, -0.2) is 55.7 Å². The number of carbonyl (C=O) groups excluding carboxylic acids is 1. The van der Waals surface area contributed by atoms with Crippen molar-refractivity contribution in [3.05, 3.63) is 56.9 Å². The van der Waals surface area contributed by atoms with Crippen molar-refractivity contribution < 1.29 is 23.7 Å². The molecule has 2 aromatic rings. The van der Waals surface area contributed by atoms with E-state index in [1.165, 1.54) is 34.9 Å². The summed E-state index contributed by atoms with van der Waals surface area (Å²) >= 11 is 12.8. The topological polar surface area (TPSA) is 57.2 Å². The normalized spacial score (nSPS) is 14.8. The Morgan fingerprint density at radius 2 is 1.79 bits per heavy atom. The number of benzene rings is 2. The van der Waals surface area contributed by atoms with Crippen LogP contribution in [0.2, 0.25) is 5.02 Å². The van der Waals surface area contributed by atoms with Crippen LogP contribution in [0, 0.1) is 13.8 Å². The second-order valence-electron chi connectivity index (χ2n) is 7.33. The fourth-order valence-corrected chi connectivity index (χ4v) is 4.44. The van der Waals surface area contributed by atoms with Crippen LogP contribution in [0.1, 0.15) is 16.7 Å². The molecule has 0 unspecified atom stereocenters. The molecule has 33 heavy (non-hydrogen) atoms. The van der Waals surface area contributed by atoms with E-state index in [2.05, 4.69) is 13.8 Å². The third-order valence-electron chi connectivity index (χ3n) is 4.98. The molecule has 1 saturated heterocycles. The summed E-state index contributed by atoms with van der Waals surface area (Å²) in [4.78, 5) is 14.2. The molecule has 0 aliphatic carbocycles. The van der Waals surface area contributed by atoms with Gasteiger partial charge in [-0.25, -0.2) is 0 Å². The smallest absolute Gasteiger partial charge is 0.265 e. The van der Waals surface area contributed by atoms with Crippen molar-refractivity contribution in [2.75, 3.05) is 40.6 Å². The number of nitrogens with zero attached hydrogens (tertiary/aromatic N) is 1. The SMILES string of the molecule is COc1cc(C=C2SC(=S)N(C)C2=O)cc(Cl)c1OCCOCCOc1ccc(C)c(C)c1. The number of hydrogen-bond acceptors (Lipinski definition) is 7. The van der Waals surface area contributed by atoms with Gasteiger partial charge in [0.15, 0.2) is 11.5 Å². The molecule has 0 spiro atoms. The van der Waals surface area contributed by atoms with Gasteiger partial charge in [-0.2, -0.15) is 0 Å². The van der Waals surface area contributed by atoms with Gasteiger partial charge in [0, 0.05) is 7.05 Å². The molecule has 2 aromatic carbocycles. The van der Waals surface area contributed by atoms with Crippen molar-refractivity contribution in [3.8, 4) is 17.2 Å². The van der Waals surface area contributed by atoms with E-state index in [0.29, 0.717) is 52.2 Å². The number of methoxy groups -OCH3 is 1. The van der Waals surface area contributed by atoms with Crippen LogP contribution < -0.4 is 14.2 Å². The maximum atomic E-state index is 12.2. The van der Waals surface area contributed by atoms with E-state index >= 15 is 0 Å². The first-order valence-corrected chi connectivity index (χ1v) is 11.9. The van der Waals surface area contributed by atoms with Gasteiger partial charge in [0.05, 0.1) is 30.3 Å². The standard InChI is InChI=1S/C24H26ClNO5S2/c1-15-5-6-18(11-16(15)2)30-9-7-29-8-10-31-22-19(25)12-17(13-20(22)28-4)14-21-23(27)26(3)24(32)33-21/h5-6,11-14H,7-10H2,1-4H3. The Hall–Kier alpha value is -2.26. The Labute approximate surface area is 208 Å². The fourth-order valence-electron chi connectivity index (χ4n) is 2.99. The number of halogens is 1. The minimum absolute atomic E-state index is 0.140. The van der Waals surface area contributed by atoms with Gasteiger partial charge in [0.2, 0.25) is 0 Å². The van der Waals surface area contributed by atoms with Crippen molar-refractivity contribution in [2.24, 2.45) is 0 Å². The monoisotopic (exact) mass is 507 g/mol. The molecule has 0 saturated carbocycles. The van der Waals surface area contributed by atoms with Crippen molar-refractivity contribution in [3.63, 3.8) is 0 Å². The number of ether oxygens (including phenoxy) is 4. The molecule has 6 nitrogen and oxygen atoms in total. The highest BCUT2D eigenvalue weighted by Crippen LogP contribution is 2.38. The Morgan fingerprint density at radius 3 is 2.42 bits per heavy atom. The lowest BCUT2D eigenvalue weighted by atomic mass is 10.1. The van der Waals surface area contributed by atoms with Gasteiger partial charge in [0.1, 0.15) is 23.3 Å². The Balaban J connectivity index is 1.49. The predicted molar refractivity (Wildman–Crippen MR) is 137 cm³/mol. The Bertz CT molecular complexity index is 1070. The zero-order valence-corrected chi connectivity index (χ0v) is 21.4. The van der Waals surface area contributed by atoms with E-state index in [9.17, 15) is 4.79 Å². The number of thioether (sulfide) groups is 1. The quantitative estimate of drug-likeness (QED) is 0.246. The summed E-state index contributed by atoms with van der Waals surface area (Å²) in [5.41, 5.74) is 3.15. The summed E-state index contributed by atoms with van der Waals surface area (Å²) < 4.78 is 23.0. The minimum atomic E-state index is -0.140. The van der Waals surface area contributed by atoms with Gasteiger partial charge >= 0.3 is 0 Å². The van der Waals surface area contributed by atoms with E-state index < -0.39 is 0 Å². The zero-order chi connectivity index (χ0) is 24.0. The second kappa shape index (κ2) is 11.7. The lowest BCUT2D eigenvalue weighted by Crippen LogP contribution is -2.22. The van der Waals surface area contributed by atoms with Gasteiger partial charge in [0.25, 0.3) is 5.91 Å². The van der Waals surface area contributed by atoms with Crippen LogP contribution in [0.4, 0.5) is 0 Å². The third kappa shape index (κ3) is 6.63. The first-order chi connectivity index (χ1) is 15.8. The number of thiocarbonyl (C=S) groups is 1. The Morgan fingerprint density at radius 1 is 1.06 bits per heavy atom. The molecule has 0 bridgehead atoms. The summed E-state index contributed by atoms with van der Waals surface area (Å²) in [6.45, 7) is 5.68. The molecular weight excluding hydrogens is 482 g/mol. The summed E-state index contributed by atoms with van der Waals surface area (Å²) in [6.07, 6.45) is 1.74. The van der Waals surface area contributed by atoms with Crippen LogP contribution in [0.3, 0.4) is 0 Å². The summed E-state index contributed by atoms with van der Waals surface area (Å²) in [5, 5.41) is 0.380. The molecule has 1 fully saturated rings. The van der Waals surface area contributed by atoms with Crippen LogP contribution in [-0.2, 0) is 9.53 Å². The van der Waals surface area contributed by atoms with Gasteiger partial charge in [-0.1, -0.05) is 41.6 Å². The van der Waals surface area contributed by atoms with Crippen molar-refractivity contribution in [1.29, 1.82) is 0 Å². The summed E-state index contributed by atoms with van der Waals surface area (Å²) in [7, 11) is 3.19. The molecule has 1 aliphatic rings. The molecule has 3 rings (SSSR count). The Kier molecular flexibility index (Phi) is 9.02. The molecule has 1 aliphatic heterocycles. The van der Waals surface area contributed by atoms with Crippen LogP contribution in [0.15, 0.2) is 35.2 Å². The fraction of sp³-hybridized carbons (Fsp3) is 0.333. The molecular formula is C24H26ClNO5S2. The van der Waals surface area contributed by atoms with Crippen molar-refractivity contribution in [1.82, 2.24) is 4.90 Å². The molecule has 176 valence electrons. The summed E-state index contributed by atoms with van der Waals surface area (Å²) in [5.74, 6) is 1.59. The van der Waals surface area contributed by atoms with Crippen LogP contribution in [0.25, 0.3) is 6.08 Å². The summed E-state index contributed by atoms with van der Waals surface area (Å²) in [6, 6.07) is 9.49. The molecule has 0 aromatic heterocycles. The van der Waals surface area contributed by atoms with E-state index in [1.54, 1.807) is 25.3 Å². The number of likely N-dealkylation sites (N-methyl/N-ethyl adjacent to an activating group) is 1. The van der Waals surface area contributed by atoms with Gasteiger partial charge in [-0.3, -0.25) is 9.69 Å². The second-order valence-corrected chi connectivity index (χ2v) is 9.41. The van der Waals surface area contributed by atoms with Crippen molar-refractivity contribution in [2.45, 2.75) is 13.8 Å². The van der Waals surface area contributed by atoms with E-state index in [4.69, 9.17) is 42.8 Å². The average molecular weight is 508 g/mol. The zero-order valence-electron chi connectivity index (χ0n) is 19.0. The first kappa shape index (κ1) is 25.4. The van der Waals surface area contributed by atoms with E-state index in [-0.39, 0.29) is 5.91 Å². The molecule has 1 heterocycles. The highest BCUT2D eigenvalue weighted by molar-refractivity contribution is 8.26. The highest BCUT2D eigenvalue weighted by Gasteiger charge is 2.28. The molecule has 9 heteroatoms. The van der Waals surface area contributed by atoms with Gasteiger partial charge in [-0.15, -0.1) is 0 Å². The number of amides is 1. The minimum Gasteiger partial charge on any atom is -0.493 e. The molecule has 0 radical (unpaired) electrons. The third-order valence-corrected chi connectivity index (χ3v) is 6.75. The van der Waals surface area contributed by atoms with E-state index in [1.807, 2.05) is 18.2 Å². The van der Waals surface area contributed by atoms with Crippen LogP contribution in [0.5, 0.6) is 17.2 Å². The highest BCUT2D eigenvalue weighted by atomic mass is 35.5. The molecule has 0 N–H and O–H groups in total. The van der Waals surface area contributed by atoms with E-state index in [0.717, 1.165) is 11.3 Å². The predicted octanol–water partition coefficient (Wildman–Crippen LogP) is 5.27. The average Bonchev–Trinajstić information content (AvgIpc) is 3.02. The number of hydrogen-bond donors (Lipinski definition) is 0. The number of aryl methyl sites for hydroxylation is 2. The first-order valence-electron chi connectivity index (χ1n) is 10.3. The lowest BCUT2D eigenvalue weighted by Gasteiger charge is -2.14. The molecule has 1 amide bonds. The lowest BCUT2D eigenvalue weighted by molar-refractivity contribution is -0.121. The maximum absolute atomic E-state index is 12.2. The van der Waals surface area contributed by atoms with Crippen LogP contribution >= 0.6 is 35.6 Å². The number of rotatable bonds is 10. The molecule has 0 atom stereocenters. The van der Waals surface area contributed by atoms with Gasteiger partial charge < -0.3 is 18.9 Å².